The zero-order valence-corrected chi connectivity index (χ0v) is 13.2. The van der Waals surface area contributed by atoms with Gasteiger partial charge in [0.15, 0.2) is 0 Å². The van der Waals surface area contributed by atoms with Crippen LogP contribution in [-0.2, 0) is 4.74 Å². The molecule has 0 rings (SSSR count). The number of hydrogen-bond acceptors (Lipinski definition) is 2. The molecule has 16 heavy (non-hydrogen) atoms. The number of thioether (sulfide) groups is 1. The SMILES string of the molecule is CCCCOCCSC(C)C#C[Si](C)(C)C. The summed E-state index contributed by atoms with van der Waals surface area (Å²) in [5.74, 6) is 4.40. The third kappa shape index (κ3) is 12.2. The molecule has 1 atom stereocenters. The Kier molecular flexibility index (Phi) is 9.20. The van der Waals surface area contributed by atoms with Crippen molar-refractivity contribution in [1.29, 1.82) is 0 Å². The fourth-order valence-corrected chi connectivity index (χ4v) is 2.46. The van der Waals surface area contributed by atoms with Gasteiger partial charge in [0.05, 0.1) is 11.9 Å². The van der Waals surface area contributed by atoms with Crippen molar-refractivity contribution in [2.75, 3.05) is 19.0 Å². The van der Waals surface area contributed by atoms with Gasteiger partial charge in [-0.25, -0.2) is 0 Å². The molecule has 0 aromatic rings. The van der Waals surface area contributed by atoms with Gasteiger partial charge in [0.2, 0.25) is 0 Å². The van der Waals surface area contributed by atoms with Crippen LogP contribution in [0.1, 0.15) is 26.7 Å². The van der Waals surface area contributed by atoms with E-state index in [1.807, 2.05) is 11.8 Å². The molecule has 94 valence electrons. The van der Waals surface area contributed by atoms with Crippen molar-refractivity contribution >= 4 is 19.8 Å². The molecule has 1 nitrogen and oxygen atoms in total. The highest BCUT2D eigenvalue weighted by Gasteiger charge is 2.08. The topological polar surface area (TPSA) is 9.23 Å². The lowest BCUT2D eigenvalue weighted by atomic mass is 10.4. The van der Waals surface area contributed by atoms with Crippen LogP contribution >= 0.6 is 11.8 Å². The summed E-state index contributed by atoms with van der Waals surface area (Å²) in [4.78, 5) is 0. The summed E-state index contributed by atoms with van der Waals surface area (Å²) in [6, 6.07) is 0. The fourth-order valence-electron chi connectivity index (χ4n) is 0.992. The second-order valence-corrected chi connectivity index (χ2v) is 11.2. The van der Waals surface area contributed by atoms with Crippen molar-refractivity contribution in [2.24, 2.45) is 0 Å². The van der Waals surface area contributed by atoms with Gasteiger partial charge in [0.25, 0.3) is 0 Å². The molecule has 3 heteroatoms. The maximum absolute atomic E-state index is 5.51. The summed E-state index contributed by atoms with van der Waals surface area (Å²) < 4.78 is 5.51. The van der Waals surface area contributed by atoms with Crippen molar-refractivity contribution in [3.8, 4) is 11.5 Å². The largest absolute Gasteiger partial charge is 0.381 e. The molecule has 0 radical (unpaired) electrons. The Hall–Kier alpha value is 0.0869. The molecule has 0 spiro atoms. The zero-order chi connectivity index (χ0) is 12.4. The van der Waals surface area contributed by atoms with Gasteiger partial charge in [-0.1, -0.05) is 38.9 Å². The molecule has 0 fully saturated rings. The van der Waals surface area contributed by atoms with Gasteiger partial charge in [-0.2, -0.15) is 0 Å². The van der Waals surface area contributed by atoms with Crippen LogP contribution in [0.2, 0.25) is 19.6 Å². The van der Waals surface area contributed by atoms with Gasteiger partial charge < -0.3 is 4.74 Å². The zero-order valence-electron chi connectivity index (χ0n) is 11.4. The molecule has 0 bridgehead atoms. The Morgan fingerprint density at radius 1 is 1.25 bits per heavy atom. The Morgan fingerprint density at radius 3 is 2.50 bits per heavy atom. The maximum atomic E-state index is 5.51. The van der Waals surface area contributed by atoms with Crippen LogP contribution in [0.3, 0.4) is 0 Å². The molecule has 0 aromatic carbocycles. The predicted octanol–water partition coefficient (Wildman–Crippen LogP) is 3.81. The van der Waals surface area contributed by atoms with Gasteiger partial charge in [0.1, 0.15) is 8.07 Å². The van der Waals surface area contributed by atoms with E-state index in [-0.39, 0.29) is 0 Å². The van der Waals surface area contributed by atoms with E-state index in [0.29, 0.717) is 5.25 Å². The lowest BCUT2D eigenvalue weighted by molar-refractivity contribution is 0.147. The number of rotatable bonds is 7. The third-order valence-electron chi connectivity index (χ3n) is 1.89. The number of unbranched alkanes of at least 4 members (excludes halogenated alkanes) is 1. The summed E-state index contributed by atoms with van der Waals surface area (Å²) in [6.45, 7) is 13.0. The second-order valence-electron chi connectivity index (χ2n) is 5.00. The summed E-state index contributed by atoms with van der Waals surface area (Å²) in [5, 5.41) is 0.446. The molecule has 0 aliphatic heterocycles. The first-order valence-electron chi connectivity index (χ1n) is 6.17. The van der Waals surface area contributed by atoms with Gasteiger partial charge >= 0.3 is 0 Å². The standard InChI is InChI=1S/C13H26OSSi/c1-6-7-9-14-10-11-15-13(2)8-12-16(3,4)5/h13H,6-7,9-11H2,1-5H3. The molecule has 0 heterocycles. The van der Waals surface area contributed by atoms with Crippen LogP contribution in [-0.4, -0.2) is 32.3 Å². The van der Waals surface area contributed by atoms with E-state index in [9.17, 15) is 0 Å². The van der Waals surface area contributed by atoms with Crippen molar-refractivity contribution in [1.82, 2.24) is 0 Å². The first kappa shape index (κ1) is 16.1. The lowest BCUT2D eigenvalue weighted by Crippen LogP contribution is -2.17. The van der Waals surface area contributed by atoms with E-state index in [0.717, 1.165) is 19.0 Å². The number of hydrogen-bond donors (Lipinski definition) is 0. The van der Waals surface area contributed by atoms with Gasteiger partial charge in [-0.05, 0) is 13.3 Å². The highest BCUT2D eigenvalue weighted by atomic mass is 32.2. The molecule has 1 unspecified atom stereocenters. The van der Waals surface area contributed by atoms with Gasteiger partial charge in [0, 0.05) is 12.4 Å². The highest BCUT2D eigenvalue weighted by Crippen LogP contribution is 2.09. The molecule has 0 aromatic heterocycles. The van der Waals surface area contributed by atoms with Crippen LogP contribution in [0.4, 0.5) is 0 Å². The minimum Gasteiger partial charge on any atom is -0.381 e. The fraction of sp³-hybridized carbons (Fsp3) is 0.846. The molecule has 0 saturated heterocycles. The summed E-state index contributed by atoms with van der Waals surface area (Å²) in [7, 11) is -1.19. The quantitative estimate of drug-likeness (QED) is 0.390. The Morgan fingerprint density at radius 2 is 1.94 bits per heavy atom. The van der Waals surface area contributed by atoms with Crippen LogP contribution in [0, 0.1) is 11.5 Å². The summed E-state index contributed by atoms with van der Waals surface area (Å²) in [5.41, 5.74) is 3.41. The Bertz CT molecular complexity index is 224. The Labute approximate surface area is 107 Å². The van der Waals surface area contributed by atoms with E-state index in [4.69, 9.17) is 4.74 Å². The summed E-state index contributed by atoms with van der Waals surface area (Å²) >= 11 is 1.90. The van der Waals surface area contributed by atoms with Gasteiger partial charge in [-0.3, -0.25) is 0 Å². The van der Waals surface area contributed by atoms with E-state index in [1.165, 1.54) is 12.8 Å². The Balaban J connectivity index is 3.50. The minimum atomic E-state index is -1.19. The van der Waals surface area contributed by atoms with Crippen molar-refractivity contribution < 1.29 is 4.74 Å². The van der Waals surface area contributed by atoms with E-state index in [2.05, 4.69) is 45.0 Å². The van der Waals surface area contributed by atoms with E-state index < -0.39 is 8.07 Å². The molecule has 0 amide bonds. The molecule has 0 aliphatic rings. The van der Waals surface area contributed by atoms with Crippen LogP contribution < -0.4 is 0 Å². The highest BCUT2D eigenvalue weighted by molar-refractivity contribution is 8.00. The van der Waals surface area contributed by atoms with Crippen LogP contribution in [0.15, 0.2) is 0 Å². The van der Waals surface area contributed by atoms with Crippen molar-refractivity contribution in [3.05, 3.63) is 0 Å². The predicted molar refractivity (Wildman–Crippen MR) is 78.8 cm³/mol. The molecule has 0 N–H and O–H groups in total. The van der Waals surface area contributed by atoms with E-state index in [1.54, 1.807) is 0 Å². The molecule has 0 aliphatic carbocycles. The second kappa shape index (κ2) is 9.15. The van der Waals surface area contributed by atoms with Gasteiger partial charge in [-0.15, -0.1) is 17.3 Å². The first-order valence-corrected chi connectivity index (χ1v) is 10.7. The average Bonchev–Trinajstić information content (AvgIpc) is 2.19. The monoisotopic (exact) mass is 258 g/mol. The first-order chi connectivity index (χ1) is 7.45. The van der Waals surface area contributed by atoms with Crippen molar-refractivity contribution in [3.63, 3.8) is 0 Å². The lowest BCUT2D eigenvalue weighted by Gasteiger charge is -2.07. The van der Waals surface area contributed by atoms with Crippen molar-refractivity contribution in [2.45, 2.75) is 51.6 Å². The minimum absolute atomic E-state index is 0.446. The van der Waals surface area contributed by atoms with Crippen LogP contribution in [0.5, 0.6) is 0 Å². The summed E-state index contributed by atoms with van der Waals surface area (Å²) in [6.07, 6.45) is 2.39. The molecular weight excluding hydrogens is 232 g/mol. The molecule has 0 saturated carbocycles. The van der Waals surface area contributed by atoms with Crippen LogP contribution in [0.25, 0.3) is 0 Å². The smallest absolute Gasteiger partial charge is 0.129 e. The molecular formula is C13H26OSSi. The number of ether oxygens (including phenoxy) is 1. The third-order valence-corrected chi connectivity index (χ3v) is 3.80. The normalized spacial score (nSPS) is 13.1. The average molecular weight is 259 g/mol. The maximum Gasteiger partial charge on any atom is 0.129 e. The van der Waals surface area contributed by atoms with E-state index >= 15 is 0 Å².